The Morgan fingerprint density at radius 1 is 0.900 bits per heavy atom. The van der Waals surface area contributed by atoms with Crippen molar-refractivity contribution in [3.05, 3.63) is 126 Å². The van der Waals surface area contributed by atoms with Gasteiger partial charge in [0.15, 0.2) is 11.6 Å². The van der Waals surface area contributed by atoms with Gasteiger partial charge in [-0.3, -0.25) is 9.78 Å². The zero-order valence-electron chi connectivity index (χ0n) is 20.6. The average Bonchev–Trinajstić information content (AvgIpc) is 3.41. The second-order valence-corrected chi connectivity index (χ2v) is 8.80. The van der Waals surface area contributed by atoms with Gasteiger partial charge in [-0.15, -0.1) is 0 Å². The SMILES string of the molecule is O=C(Nc1ccc(Oc2ccnc3[nH]c(-c4cccnc4)cc23)c(F)c1)c1cccc(-c2ccc(F)cc2)[n+]1[O-]. The van der Waals surface area contributed by atoms with Gasteiger partial charge in [-0.25, -0.2) is 13.8 Å². The monoisotopic (exact) mass is 535 g/mol. The van der Waals surface area contributed by atoms with Crippen LogP contribution in [0.25, 0.3) is 33.5 Å². The van der Waals surface area contributed by atoms with Crippen molar-refractivity contribution in [2.45, 2.75) is 0 Å². The molecule has 4 heterocycles. The lowest BCUT2D eigenvalue weighted by Gasteiger charge is -2.11. The highest BCUT2D eigenvalue weighted by Gasteiger charge is 2.21. The van der Waals surface area contributed by atoms with Gasteiger partial charge in [-0.1, -0.05) is 0 Å². The standard InChI is InChI=1S/C30H19F2N5O3/c31-20-8-6-18(7-9-20)25-4-1-5-26(37(25)39)30(38)35-21-10-11-28(23(32)15-21)40-27-12-14-34-29-22(27)16-24(36-29)19-3-2-13-33-17-19/h1-17H,(H,34,36)(H,35,38). The van der Waals surface area contributed by atoms with Crippen molar-refractivity contribution in [3.8, 4) is 34.0 Å². The molecule has 0 fully saturated rings. The van der Waals surface area contributed by atoms with Crippen LogP contribution in [0.15, 0.2) is 104 Å². The molecule has 6 aromatic rings. The number of aromatic nitrogens is 4. The van der Waals surface area contributed by atoms with Crippen LogP contribution in [0.1, 0.15) is 10.5 Å². The molecule has 0 bridgehead atoms. The summed E-state index contributed by atoms with van der Waals surface area (Å²) in [5.74, 6) is -1.58. The van der Waals surface area contributed by atoms with E-state index in [9.17, 15) is 14.4 Å². The van der Waals surface area contributed by atoms with Gasteiger partial charge < -0.3 is 20.2 Å². The molecule has 0 spiro atoms. The van der Waals surface area contributed by atoms with Crippen LogP contribution in [0.5, 0.6) is 11.5 Å². The second kappa shape index (κ2) is 10.3. The third-order valence-electron chi connectivity index (χ3n) is 6.19. The molecular formula is C30H19F2N5O3. The molecule has 0 saturated heterocycles. The predicted octanol–water partition coefficient (Wildman–Crippen LogP) is 6.25. The quantitative estimate of drug-likeness (QED) is 0.194. The van der Waals surface area contributed by atoms with Crippen molar-refractivity contribution in [3.63, 3.8) is 0 Å². The lowest BCUT2D eigenvalue weighted by molar-refractivity contribution is -0.595. The van der Waals surface area contributed by atoms with Gasteiger partial charge in [0, 0.05) is 59.3 Å². The number of nitrogens with one attached hydrogen (secondary N) is 2. The van der Waals surface area contributed by atoms with Crippen LogP contribution < -0.4 is 14.8 Å². The van der Waals surface area contributed by atoms with Gasteiger partial charge in [0.2, 0.25) is 5.69 Å². The van der Waals surface area contributed by atoms with E-state index in [-0.39, 0.29) is 22.8 Å². The molecule has 0 aliphatic carbocycles. The number of carbonyl (C=O) groups excluding carboxylic acids is 1. The van der Waals surface area contributed by atoms with Gasteiger partial charge in [0.05, 0.1) is 5.39 Å². The number of hydrogen-bond donors (Lipinski definition) is 2. The lowest BCUT2D eigenvalue weighted by atomic mass is 10.1. The highest BCUT2D eigenvalue weighted by Crippen LogP contribution is 2.34. The maximum absolute atomic E-state index is 15.1. The molecule has 0 saturated carbocycles. The van der Waals surface area contributed by atoms with Crippen molar-refractivity contribution in [1.82, 2.24) is 15.0 Å². The fourth-order valence-corrected chi connectivity index (χ4v) is 4.24. The first kappa shape index (κ1) is 24.7. The Morgan fingerprint density at radius 3 is 2.52 bits per heavy atom. The molecule has 10 heteroatoms. The number of aromatic amines is 1. The van der Waals surface area contributed by atoms with Gasteiger partial charge in [0.1, 0.15) is 17.2 Å². The summed E-state index contributed by atoms with van der Waals surface area (Å²) in [5, 5.41) is 16.1. The highest BCUT2D eigenvalue weighted by molar-refractivity contribution is 6.02. The van der Waals surface area contributed by atoms with Crippen LogP contribution in [0.4, 0.5) is 14.5 Å². The van der Waals surface area contributed by atoms with Crippen LogP contribution in [0.3, 0.4) is 0 Å². The number of nitrogens with zero attached hydrogens (tertiary/aromatic N) is 3. The number of hydrogen-bond acceptors (Lipinski definition) is 5. The van der Waals surface area contributed by atoms with Crippen LogP contribution in [-0.2, 0) is 0 Å². The molecule has 0 aliphatic rings. The molecule has 0 atom stereocenters. The number of benzene rings is 2. The fourth-order valence-electron chi connectivity index (χ4n) is 4.24. The maximum Gasteiger partial charge on any atom is 0.321 e. The molecule has 6 rings (SSSR count). The van der Waals surface area contributed by atoms with Crippen LogP contribution in [-0.4, -0.2) is 20.9 Å². The Balaban J connectivity index is 1.22. The van der Waals surface area contributed by atoms with Crippen LogP contribution in [0, 0.1) is 16.8 Å². The average molecular weight is 536 g/mol. The van der Waals surface area contributed by atoms with Crippen molar-refractivity contribution >= 4 is 22.6 Å². The minimum Gasteiger partial charge on any atom is -0.618 e. The van der Waals surface area contributed by atoms with E-state index in [0.717, 1.165) is 17.3 Å². The van der Waals surface area contributed by atoms with Gasteiger partial charge in [0.25, 0.3) is 5.69 Å². The maximum atomic E-state index is 15.1. The van der Waals surface area contributed by atoms with Crippen molar-refractivity contribution in [2.75, 3.05) is 5.32 Å². The van der Waals surface area contributed by atoms with Crippen LogP contribution in [0.2, 0.25) is 0 Å². The van der Waals surface area contributed by atoms with E-state index in [4.69, 9.17) is 4.74 Å². The number of fused-ring (bicyclic) bond motifs is 1. The van der Waals surface area contributed by atoms with E-state index in [2.05, 4.69) is 20.3 Å². The zero-order valence-corrected chi connectivity index (χ0v) is 20.6. The number of amides is 1. The summed E-state index contributed by atoms with van der Waals surface area (Å²) >= 11 is 0. The smallest absolute Gasteiger partial charge is 0.321 e. The zero-order chi connectivity index (χ0) is 27.6. The highest BCUT2D eigenvalue weighted by atomic mass is 19.1. The number of pyridine rings is 3. The minimum absolute atomic E-state index is 0.0631. The molecule has 0 radical (unpaired) electrons. The molecule has 4 aromatic heterocycles. The van der Waals surface area contributed by atoms with Crippen molar-refractivity contribution in [1.29, 1.82) is 0 Å². The molecule has 2 N–H and O–H groups in total. The minimum atomic E-state index is -0.738. The van der Waals surface area contributed by atoms with Crippen molar-refractivity contribution < 1.29 is 23.0 Å². The lowest BCUT2D eigenvalue weighted by Crippen LogP contribution is -2.38. The summed E-state index contributed by atoms with van der Waals surface area (Å²) in [7, 11) is 0. The van der Waals surface area contributed by atoms with E-state index in [1.165, 1.54) is 54.6 Å². The number of ether oxygens (including phenoxy) is 1. The molecule has 1 amide bonds. The van der Waals surface area contributed by atoms with Gasteiger partial charge >= 0.3 is 5.91 Å². The fraction of sp³-hybridized carbons (Fsp3) is 0. The molecule has 0 aliphatic heterocycles. The largest absolute Gasteiger partial charge is 0.618 e. The summed E-state index contributed by atoms with van der Waals surface area (Å²) < 4.78 is 34.6. The summed E-state index contributed by atoms with van der Waals surface area (Å²) in [4.78, 5) is 24.5. The number of carbonyl (C=O) groups is 1. The normalized spacial score (nSPS) is 10.9. The summed E-state index contributed by atoms with van der Waals surface area (Å²) in [6, 6.07) is 20.9. The third kappa shape index (κ3) is 4.81. The number of H-pyrrole nitrogens is 1. The Morgan fingerprint density at radius 2 is 1.75 bits per heavy atom. The third-order valence-corrected chi connectivity index (χ3v) is 6.19. The summed E-state index contributed by atoms with van der Waals surface area (Å²) in [6.45, 7) is 0. The number of rotatable bonds is 6. The first-order valence-electron chi connectivity index (χ1n) is 12.1. The Labute approximate surface area is 226 Å². The molecule has 0 unspecified atom stereocenters. The number of halogens is 2. The van der Waals surface area contributed by atoms with Crippen LogP contribution >= 0.6 is 0 Å². The summed E-state index contributed by atoms with van der Waals surface area (Å²) in [6.07, 6.45) is 4.94. The second-order valence-electron chi connectivity index (χ2n) is 8.80. The van der Waals surface area contributed by atoms with Gasteiger partial charge in [-0.2, -0.15) is 4.73 Å². The van der Waals surface area contributed by atoms with E-state index in [0.29, 0.717) is 27.1 Å². The predicted molar refractivity (Wildman–Crippen MR) is 145 cm³/mol. The van der Waals surface area contributed by atoms with E-state index >= 15 is 4.39 Å². The first-order valence-corrected chi connectivity index (χ1v) is 12.1. The molecule has 40 heavy (non-hydrogen) atoms. The summed E-state index contributed by atoms with van der Waals surface area (Å²) in [5.41, 5.74) is 2.74. The molecular weight excluding hydrogens is 516 g/mol. The Bertz CT molecular complexity index is 1860. The van der Waals surface area contributed by atoms with E-state index in [1.807, 2.05) is 18.2 Å². The number of anilines is 1. The van der Waals surface area contributed by atoms with Crippen molar-refractivity contribution in [2.24, 2.45) is 0 Å². The topological polar surface area (TPSA) is 107 Å². The van der Waals surface area contributed by atoms with Gasteiger partial charge in [-0.05, 0) is 66.7 Å². The molecule has 8 nitrogen and oxygen atoms in total. The first-order chi connectivity index (χ1) is 19.5. The van der Waals surface area contributed by atoms with E-state index in [1.54, 1.807) is 24.7 Å². The Hall–Kier alpha value is -5.64. The molecule has 196 valence electrons. The Kier molecular flexibility index (Phi) is 6.33. The van der Waals surface area contributed by atoms with E-state index < -0.39 is 17.5 Å². The molecule has 2 aromatic carbocycles.